The van der Waals surface area contributed by atoms with E-state index in [-0.39, 0.29) is 25.7 Å². The molecule has 0 spiro atoms. The minimum atomic E-state index is -4.99. The van der Waals surface area contributed by atoms with Gasteiger partial charge in [0.25, 0.3) is 0 Å². The van der Waals surface area contributed by atoms with Crippen LogP contribution in [0.5, 0.6) is 0 Å². The van der Waals surface area contributed by atoms with Crippen LogP contribution in [0, 0.1) is 0 Å². The Balaban J connectivity index is 5.38. The van der Waals surface area contributed by atoms with Crippen LogP contribution in [0.3, 0.4) is 0 Å². The minimum Gasteiger partial charge on any atom is -0.462 e. The molecule has 0 aliphatic rings. The lowest BCUT2D eigenvalue weighted by molar-refractivity contribution is -0.161. The zero-order chi connectivity index (χ0) is 80.3. The van der Waals surface area contributed by atoms with Crippen molar-refractivity contribution in [2.24, 2.45) is 0 Å². The number of aliphatic hydroxyl groups is 1. The molecule has 0 aliphatic carbocycles. The first-order valence-corrected chi connectivity index (χ1v) is 46.8. The van der Waals surface area contributed by atoms with Crippen molar-refractivity contribution in [3.63, 3.8) is 0 Å². The Morgan fingerprint density at radius 2 is 0.473 bits per heavy atom. The maximum absolute atomic E-state index is 13.2. The predicted molar refractivity (Wildman–Crippen MR) is 455 cm³/mol. The van der Waals surface area contributed by atoms with E-state index in [0.29, 0.717) is 25.7 Å². The molecular weight excluding hydrogens is 1430 g/mol. The number of phosphoric acid groups is 2. The fraction of sp³-hybridized carbons (Fsp3) is 0.736. The second kappa shape index (κ2) is 82.4. The molecule has 0 saturated heterocycles. The summed E-state index contributed by atoms with van der Waals surface area (Å²) in [5.74, 6) is -2.20. The number of allylic oxidation sites excluding steroid dienone is 20. The van der Waals surface area contributed by atoms with Gasteiger partial charge in [0.05, 0.1) is 26.4 Å². The molecule has 0 aromatic heterocycles. The second-order valence-electron chi connectivity index (χ2n) is 29.1. The van der Waals surface area contributed by atoms with Gasteiger partial charge in [-0.1, -0.05) is 329 Å². The fourth-order valence-electron chi connectivity index (χ4n) is 11.8. The van der Waals surface area contributed by atoms with Crippen LogP contribution < -0.4 is 0 Å². The zero-order valence-corrected chi connectivity index (χ0v) is 71.4. The molecule has 110 heavy (non-hydrogen) atoms. The van der Waals surface area contributed by atoms with Crippen LogP contribution in [-0.4, -0.2) is 96.7 Å². The second-order valence-corrected chi connectivity index (χ2v) is 32.0. The summed E-state index contributed by atoms with van der Waals surface area (Å²) in [6.45, 7) is 4.73. The highest BCUT2D eigenvalue weighted by Crippen LogP contribution is 2.45. The van der Waals surface area contributed by atoms with E-state index in [4.69, 9.17) is 37.0 Å². The van der Waals surface area contributed by atoms with Crippen LogP contribution in [-0.2, 0) is 65.4 Å². The quantitative estimate of drug-likeness (QED) is 0.0169. The number of aliphatic hydroxyl groups excluding tert-OH is 1. The highest BCUT2D eigenvalue weighted by Gasteiger charge is 2.30. The zero-order valence-electron chi connectivity index (χ0n) is 69.7. The SMILES string of the molecule is CC/C=C\C/C=C\C/C=C\C/C=C\CCCCCCCCC(=O)OCC(COP(=O)(O)OCC(O)COP(=O)(O)OCC(COC(=O)CCCCCCCC/C=C\C/C=C\C/C=C\CCCCC)OC(=O)CCCCCCCC/C=C\C/C=C\C/C=C\CCCCC)OC(=O)CCCCCCCCCCCCCCC. The molecule has 3 N–H and O–H groups in total. The summed E-state index contributed by atoms with van der Waals surface area (Å²) in [6, 6.07) is 0. The summed E-state index contributed by atoms with van der Waals surface area (Å²) in [4.78, 5) is 73.3. The Morgan fingerprint density at radius 1 is 0.264 bits per heavy atom. The van der Waals surface area contributed by atoms with Gasteiger partial charge in [0.2, 0.25) is 0 Å². The molecule has 0 aliphatic heterocycles. The van der Waals surface area contributed by atoms with Gasteiger partial charge in [-0.25, -0.2) is 9.13 Å². The van der Waals surface area contributed by atoms with E-state index in [1.54, 1.807) is 0 Å². The normalized spacial score (nSPS) is 14.4. The van der Waals surface area contributed by atoms with Gasteiger partial charge in [-0.3, -0.25) is 37.3 Å². The Bertz CT molecular complexity index is 2550. The third-order valence-corrected chi connectivity index (χ3v) is 20.3. The largest absolute Gasteiger partial charge is 0.472 e. The number of carbonyl (C=O) groups is 4. The van der Waals surface area contributed by atoms with E-state index in [0.717, 1.165) is 205 Å². The highest BCUT2D eigenvalue weighted by molar-refractivity contribution is 7.47. The average Bonchev–Trinajstić information content (AvgIpc) is 0.942. The third kappa shape index (κ3) is 81.5. The average molecular weight is 1590 g/mol. The molecule has 0 radical (unpaired) electrons. The summed E-state index contributed by atoms with van der Waals surface area (Å²) in [5, 5.41) is 10.7. The number of esters is 4. The summed E-state index contributed by atoms with van der Waals surface area (Å²) >= 11 is 0. The van der Waals surface area contributed by atoms with Gasteiger partial charge in [-0.15, -0.1) is 0 Å². The lowest BCUT2D eigenvalue weighted by Crippen LogP contribution is -2.30. The molecule has 5 unspecified atom stereocenters. The number of unbranched alkanes of at least 4 members (excludes halogenated alkanes) is 36. The fourth-order valence-corrected chi connectivity index (χ4v) is 13.3. The molecule has 19 heteroatoms. The molecule has 0 aromatic carbocycles. The molecule has 17 nitrogen and oxygen atoms in total. The van der Waals surface area contributed by atoms with Crippen molar-refractivity contribution in [1.82, 2.24) is 0 Å². The summed E-state index contributed by atoms with van der Waals surface area (Å²) in [6.07, 6.45) is 92.9. The molecule has 634 valence electrons. The van der Waals surface area contributed by atoms with Crippen molar-refractivity contribution in [3.05, 3.63) is 122 Å². The number of hydrogen-bond donors (Lipinski definition) is 3. The Morgan fingerprint density at radius 3 is 0.745 bits per heavy atom. The van der Waals surface area contributed by atoms with Gasteiger partial charge < -0.3 is 33.8 Å². The Kier molecular flexibility index (Phi) is 79.0. The first-order valence-electron chi connectivity index (χ1n) is 43.8. The van der Waals surface area contributed by atoms with Crippen molar-refractivity contribution < 1.29 is 80.2 Å². The monoisotopic (exact) mass is 1590 g/mol. The van der Waals surface area contributed by atoms with Gasteiger partial charge in [0.15, 0.2) is 12.2 Å². The summed E-state index contributed by atoms with van der Waals surface area (Å²) in [5.41, 5.74) is 0. The molecular formula is C91H158O17P2. The molecule has 0 aromatic rings. The van der Waals surface area contributed by atoms with Gasteiger partial charge >= 0.3 is 39.5 Å². The van der Waals surface area contributed by atoms with Gasteiger partial charge in [0, 0.05) is 25.7 Å². The van der Waals surface area contributed by atoms with Crippen LogP contribution in [0.1, 0.15) is 374 Å². The third-order valence-electron chi connectivity index (χ3n) is 18.4. The number of carbonyl (C=O) groups excluding carboxylic acids is 4. The molecule has 0 rings (SSSR count). The predicted octanol–water partition coefficient (Wildman–Crippen LogP) is 26.2. The van der Waals surface area contributed by atoms with Crippen LogP contribution >= 0.6 is 15.6 Å². The number of ether oxygens (including phenoxy) is 4. The molecule has 0 saturated carbocycles. The first kappa shape index (κ1) is 105. The van der Waals surface area contributed by atoms with Crippen LogP contribution in [0.4, 0.5) is 0 Å². The van der Waals surface area contributed by atoms with Crippen molar-refractivity contribution in [2.45, 2.75) is 393 Å². The Labute approximate surface area is 670 Å². The highest BCUT2D eigenvalue weighted by atomic mass is 31.2. The van der Waals surface area contributed by atoms with Gasteiger partial charge in [-0.2, -0.15) is 0 Å². The maximum Gasteiger partial charge on any atom is 0.472 e. The van der Waals surface area contributed by atoms with Crippen LogP contribution in [0.25, 0.3) is 0 Å². The van der Waals surface area contributed by atoms with Crippen molar-refractivity contribution in [2.75, 3.05) is 39.6 Å². The van der Waals surface area contributed by atoms with Gasteiger partial charge in [0.1, 0.15) is 19.3 Å². The number of hydrogen-bond acceptors (Lipinski definition) is 15. The van der Waals surface area contributed by atoms with E-state index in [2.05, 4.69) is 149 Å². The topological polar surface area (TPSA) is 237 Å². The van der Waals surface area contributed by atoms with E-state index >= 15 is 0 Å². The van der Waals surface area contributed by atoms with E-state index < -0.39 is 97.5 Å². The van der Waals surface area contributed by atoms with E-state index in [9.17, 15) is 43.2 Å². The van der Waals surface area contributed by atoms with Crippen LogP contribution in [0.2, 0.25) is 0 Å². The summed E-state index contributed by atoms with van der Waals surface area (Å²) in [7, 11) is -9.98. The van der Waals surface area contributed by atoms with Crippen molar-refractivity contribution in [1.29, 1.82) is 0 Å². The molecule has 0 amide bonds. The molecule has 5 atom stereocenters. The van der Waals surface area contributed by atoms with Crippen molar-refractivity contribution in [3.8, 4) is 0 Å². The van der Waals surface area contributed by atoms with E-state index in [1.807, 2.05) is 0 Å². The summed E-state index contributed by atoms with van der Waals surface area (Å²) < 4.78 is 68.9. The van der Waals surface area contributed by atoms with Crippen molar-refractivity contribution >= 4 is 39.5 Å². The van der Waals surface area contributed by atoms with E-state index in [1.165, 1.54) is 89.9 Å². The lowest BCUT2D eigenvalue weighted by Gasteiger charge is -2.21. The smallest absolute Gasteiger partial charge is 0.462 e. The lowest BCUT2D eigenvalue weighted by atomic mass is 10.0. The number of phosphoric ester groups is 2. The first-order chi connectivity index (χ1) is 53.7. The molecule has 0 bridgehead atoms. The molecule has 0 heterocycles. The number of rotatable bonds is 82. The Hall–Kier alpha value is -4.54. The molecule has 0 fully saturated rings. The van der Waals surface area contributed by atoms with Gasteiger partial charge in [-0.05, 0) is 141 Å². The maximum atomic E-state index is 13.2. The minimum absolute atomic E-state index is 0.0763. The standard InChI is InChI=1S/C91H158O17P2/c1-5-9-13-17-21-25-29-33-36-39-42-45-48-52-55-59-63-67-71-75-88(93)101-81-86(107-90(95)77-73-69-65-61-57-51-32-28-24-20-16-12-8-4)83-105-109(97,98)103-79-85(92)80-104-110(99,100)106-84-87(108-91(96)78-74-70-66-62-58-54-50-47-44-41-38-35-31-27-23-19-15-11-7-3)82-102-89(94)76-72-68-64-60-56-53-49-46-43-40-37-34-30-26-22-18-14-10-6-2/h9,13,21-23,25-27,33-38,42-47,85-87,92H,5-8,10-12,14-20,24,28-32,39-41,48-84H2,1-4H3,(H,97,98)(H,99,100)/b13-9-,25-21-,26-22-,27-23-,36-33-,37-34-,38-35-,45-42-,46-43-,47-44-. The van der Waals surface area contributed by atoms with Crippen LogP contribution in [0.15, 0.2) is 122 Å².